The summed E-state index contributed by atoms with van der Waals surface area (Å²) in [6, 6.07) is 6.06. The van der Waals surface area contributed by atoms with Crippen molar-refractivity contribution in [2.45, 2.75) is 72.0 Å². The van der Waals surface area contributed by atoms with Gasteiger partial charge in [-0.3, -0.25) is 9.32 Å². The van der Waals surface area contributed by atoms with Crippen molar-refractivity contribution in [1.82, 2.24) is 5.32 Å². The molecule has 0 aliphatic heterocycles. The van der Waals surface area contributed by atoms with Gasteiger partial charge in [0.25, 0.3) is 0 Å². The quantitative estimate of drug-likeness (QED) is 0.379. The highest BCUT2D eigenvalue weighted by atomic mass is 31.2. The van der Waals surface area contributed by atoms with Gasteiger partial charge in [-0.2, -0.15) is 0 Å². The van der Waals surface area contributed by atoms with Crippen LogP contribution in [0.15, 0.2) is 24.3 Å². The molecule has 0 aromatic heterocycles. The average Bonchev–Trinajstić information content (AvgIpc) is 2.65. The van der Waals surface area contributed by atoms with Crippen molar-refractivity contribution in [3.05, 3.63) is 29.8 Å². The van der Waals surface area contributed by atoms with E-state index in [4.69, 9.17) is 18.5 Å². The van der Waals surface area contributed by atoms with Gasteiger partial charge in [0.2, 0.25) is 0 Å². The lowest BCUT2D eigenvalue weighted by molar-refractivity contribution is -0.119. The minimum atomic E-state index is -3.46. The Hall–Kier alpha value is -1.83. The van der Waals surface area contributed by atoms with Crippen LogP contribution in [0.2, 0.25) is 6.32 Å². The Morgan fingerprint density at radius 2 is 1.81 bits per heavy atom. The standard InChI is InChI=1S/C21H35BNO7P/c1-7-28-31(26,14-27-15(2)13-22)30-18-10-8-17(9-11-18)12-19(16(3)24)23-20(25)29-21(4,5)6/h8-11,15,19H,7,12-14,22H2,1-6H3,(H,23,25). The molecule has 3 unspecified atom stereocenters. The highest BCUT2D eigenvalue weighted by molar-refractivity contribution is 7.54. The predicted molar refractivity (Wildman–Crippen MR) is 123 cm³/mol. The molecule has 0 aliphatic rings. The summed E-state index contributed by atoms with van der Waals surface area (Å²) in [5.74, 6) is 0.182. The van der Waals surface area contributed by atoms with Gasteiger partial charge in [-0.25, -0.2) is 9.36 Å². The van der Waals surface area contributed by atoms with E-state index in [0.717, 1.165) is 11.9 Å². The predicted octanol–water partition coefficient (Wildman–Crippen LogP) is 3.73. The smallest absolute Gasteiger partial charge is 0.408 e. The first-order chi connectivity index (χ1) is 14.4. The lowest BCUT2D eigenvalue weighted by Crippen LogP contribution is -2.43. The summed E-state index contributed by atoms with van der Waals surface area (Å²) in [6.45, 7) is 10.5. The lowest BCUT2D eigenvalue weighted by atomic mass is 10.0. The molecule has 0 saturated carbocycles. The summed E-state index contributed by atoms with van der Waals surface area (Å²) in [6.07, 6.45) is 0.237. The number of amides is 1. The Kier molecular flexibility index (Phi) is 10.8. The molecule has 0 fully saturated rings. The van der Waals surface area contributed by atoms with E-state index in [0.29, 0.717) is 5.75 Å². The first kappa shape index (κ1) is 27.2. The highest BCUT2D eigenvalue weighted by Crippen LogP contribution is 2.48. The van der Waals surface area contributed by atoms with Crippen molar-refractivity contribution in [1.29, 1.82) is 0 Å². The zero-order valence-corrected chi connectivity index (χ0v) is 20.5. The second-order valence-corrected chi connectivity index (χ2v) is 10.2. The van der Waals surface area contributed by atoms with Gasteiger partial charge in [-0.1, -0.05) is 18.5 Å². The highest BCUT2D eigenvalue weighted by Gasteiger charge is 2.27. The summed E-state index contributed by atoms with van der Waals surface area (Å²) >= 11 is 0. The molecule has 0 heterocycles. The van der Waals surface area contributed by atoms with Crippen LogP contribution in [0.5, 0.6) is 5.75 Å². The first-order valence-corrected chi connectivity index (χ1v) is 12.2. The fourth-order valence-electron chi connectivity index (χ4n) is 2.45. The van der Waals surface area contributed by atoms with Gasteiger partial charge in [0, 0.05) is 6.10 Å². The van der Waals surface area contributed by atoms with Crippen LogP contribution in [0, 0.1) is 0 Å². The number of rotatable bonds is 12. The minimum absolute atomic E-state index is 0.0549. The molecule has 0 aliphatic carbocycles. The molecule has 10 heteroatoms. The number of carbonyl (C=O) groups excluding carboxylic acids is 2. The normalized spacial score (nSPS) is 15.4. The molecule has 1 aromatic rings. The van der Waals surface area contributed by atoms with Crippen LogP contribution < -0.4 is 9.84 Å². The molecule has 0 spiro atoms. The number of benzene rings is 1. The van der Waals surface area contributed by atoms with Crippen molar-refractivity contribution < 1.29 is 32.7 Å². The zero-order chi connectivity index (χ0) is 23.7. The molecule has 8 nitrogen and oxygen atoms in total. The van der Waals surface area contributed by atoms with Crippen LogP contribution >= 0.6 is 7.60 Å². The summed E-state index contributed by atoms with van der Waals surface area (Å²) in [5, 5.41) is 2.60. The maximum Gasteiger partial charge on any atom is 0.408 e. The van der Waals surface area contributed by atoms with Gasteiger partial charge in [-0.05, 0) is 65.7 Å². The van der Waals surface area contributed by atoms with Crippen LogP contribution in [0.25, 0.3) is 0 Å². The van der Waals surface area contributed by atoms with Gasteiger partial charge in [0.05, 0.1) is 12.6 Å². The second-order valence-electron chi connectivity index (χ2n) is 8.29. The van der Waals surface area contributed by atoms with E-state index in [-0.39, 0.29) is 31.3 Å². The Morgan fingerprint density at radius 1 is 1.19 bits per heavy atom. The van der Waals surface area contributed by atoms with Crippen molar-refractivity contribution in [2.24, 2.45) is 0 Å². The molecular formula is C21H35BNO7P. The van der Waals surface area contributed by atoms with Gasteiger partial charge < -0.3 is 19.3 Å². The van der Waals surface area contributed by atoms with Crippen molar-refractivity contribution >= 4 is 27.3 Å². The fraction of sp³-hybridized carbons (Fsp3) is 0.619. The number of carbonyl (C=O) groups is 2. The van der Waals surface area contributed by atoms with Gasteiger partial charge >= 0.3 is 13.7 Å². The molecule has 1 N–H and O–H groups in total. The molecule has 1 aromatic carbocycles. The van der Waals surface area contributed by atoms with Crippen LogP contribution in [0.4, 0.5) is 4.79 Å². The number of hydrogen-bond donors (Lipinski definition) is 1. The minimum Gasteiger partial charge on any atom is -0.444 e. The SMILES string of the molecule is BCC(C)OCP(=O)(OCC)Oc1ccc(CC(NC(=O)OC(C)(C)C)C(C)=O)cc1. The number of nitrogens with one attached hydrogen (secondary N) is 1. The zero-order valence-electron chi connectivity index (χ0n) is 19.6. The molecule has 0 saturated heterocycles. The third-order valence-corrected chi connectivity index (χ3v) is 5.81. The third-order valence-electron chi connectivity index (χ3n) is 4.21. The average molecular weight is 455 g/mol. The summed E-state index contributed by atoms with van der Waals surface area (Å²) < 4.78 is 34.6. The maximum absolute atomic E-state index is 12.9. The number of ether oxygens (including phenoxy) is 2. The monoisotopic (exact) mass is 455 g/mol. The summed E-state index contributed by atoms with van der Waals surface area (Å²) in [5.41, 5.74) is 0.142. The van der Waals surface area contributed by atoms with Crippen LogP contribution in [-0.2, 0) is 29.8 Å². The molecule has 1 rings (SSSR count). The van der Waals surface area contributed by atoms with E-state index >= 15 is 0 Å². The third kappa shape index (κ3) is 10.9. The molecule has 0 radical (unpaired) electrons. The van der Waals surface area contributed by atoms with Crippen LogP contribution in [-0.4, -0.2) is 50.4 Å². The molecule has 174 valence electrons. The van der Waals surface area contributed by atoms with E-state index in [1.807, 2.05) is 14.8 Å². The van der Waals surface area contributed by atoms with Gasteiger partial charge in [0.1, 0.15) is 19.2 Å². The topological polar surface area (TPSA) is 100 Å². The van der Waals surface area contributed by atoms with E-state index in [1.54, 1.807) is 52.0 Å². The Bertz CT molecular complexity index is 764. The summed E-state index contributed by atoms with van der Waals surface area (Å²) in [7, 11) is -1.48. The lowest BCUT2D eigenvalue weighted by Gasteiger charge is -2.23. The van der Waals surface area contributed by atoms with E-state index < -0.39 is 25.3 Å². The van der Waals surface area contributed by atoms with Crippen LogP contribution in [0.1, 0.15) is 47.1 Å². The number of Topliss-reactive ketones (excluding diaryl/α,β-unsaturated/α-hetero) is 1. The number of alkyl carbamates (subject to hydrolysis) is 1. The first-order valence-electron chi connectivity index (χ1n) is 10.5. The van der Waals surface area contributed by atoms with E-state index in [1.165, 1.54) is 6.92 Å². The Balaban J connectivity index is 2.80. The van der Waals surface area contributed by atoms with Crippen molar-refractivity contribution in [3.8, 4) is 5.75 Å². The van der Waals surface area contributed by atoms with Crippen molar-refractivity contribution in [3.63, 3.8) is 0 Å². The van der Waals surface area contributed by atoms with Crippen molar-refractivity contribution in [2.75, 3.05) is 13.0 Å². The van der Waals surface area contributed by atoms with Gasteiger partial charge in [-0.15, -0.1) is 0 Å². The molecule has 0 bridgehead atoms. The van der Waals surface area contributed by atoms with E-state index in [2.05, 4.69) is 5.32 Å². The molecule has 3 atom stereocenters. The van der Waals surface area contributed by atoms with Gasteiger partial charge in [0.15, 0.2) is 12.1 Å². The van der Waals surface area contributed by atoms with Crippen LogP contribution in [0.3, 0.4) is 0 Å². The van der Waals surface area contributed by atoms with E-state index in [9.17, 15) is 14.2 Å². The Labute approximate surface area is 186 Å². The largest absolute Gasteiger partial charge is 0.444 e. The maximum atomic E-state index is 12.9. The number of ketones is 1. The Morgan fingerprint density at radius 3 is 2.29 bits per heavy atom. The fourth-order valence-corrected chi connectivity index (χ4v) is 3.91. The molecule has 1 amide bonds. The number of hydrogen-bond acceptors (Lipinski definition) is 7. The molecular weight excluding hydrogens is 420 g/mol. The second kappa shape index (κ2) is 12.3. The molecule has 31 heavy (non-hydrogen) atoms. The summed E-state index contributed by atoms with van der Waals surface area (Å²) in [4.78, 5) is 24.0.